The average Bonchev–Trinajstić information content (AvgIpc) is 3.46. The summed E-state index contributed by atoms with van der Waals surface area (Å²) in [7, 11) is 0. The first kappa shape index (κ1) is 75.3. The molecule has 0 bridgehead atoms. The van der Waals surface area contributed by atoms with Gasteiger partial charge in [-0.15, -0.1) is 0 Å². The highest BCUT2D eigenvalue weighted by Crippen LogP contribution is 2.15. The van der Waals surface area contributed by atoms with Crippen LogP contribution in [0.4, 0.5) is 0 Å². The van der Waals surface area contributed by atoms with Crippen molar-refractivity contribution in [1.29, 1.82) is 0 Å². The van der Waals surface area contributed by atoms with Crippen LogP contribution in [0.5, 0.6) is 0 Å². The maximum absolute atomic E-state index is 12.4. The molecule has 0 amide bonds. The predicted octanol–water partition coefficient (Wildman–Crippen LogP) is 22.9. The highest BCUT2D eigenvalue weighted by molar-refractivity contribution is 5.70. The second-order valence-electron chi connectivity index (χ2n) is 21.1. The number of unbranched alkanes of at least 4 members (excludes halogenated alkanes) is 22. The molecule has 1 atom stereocenters. The number of ether oxygens (including phenoxy) is 2. The molecule has 0 radical (unpaired) electrons. The fraction of sp³-hybridized carbons (Fsp3) is 0.600. The minimum absolute atomic E-state index is 0.0769. The first-order chi connectivity index (χ1) is 39.6. The van der Waals surface area contributed by atoms with E-state index in [9.17, 15) is 14.7 Å². The monoisotopic (exact) mass is 1100 g/mol. The molecule has 0 heterocycles. The Bertz CT molecular complexity index is 1770. The lowest BCUT2D eigenvalue weighted by molar-refractivity contribution is -0.161. The average molecular weight is 1100 g/mol. The Morgan fingerprint density at radius 2 is 0.500 bits per heavy atom. The van der Waals surface area contributed by atoms with Crippen LogP contribution >= 0.6 is 0 Å². The Morgan fingerprint density at radius 3 is 0.750 bits per heavy atom. The molecule has 0 aromatic heterocycles. The smallest absolute Gasteiger partial charge is 0.306 e. The van der Waals surface area contributed by atoms with Gasteiger partial charge >= 0.3 is 11.9 Å². The third-order valence-corrected chi connectivity index (χ3v) is 13.5. The van der Waals surface area contributed by atoms with E-state index in [2.05, 4.69) is 184 Å². The largest absolute Gasteiger partial charge is 0.462 e. The van der Waals surface area contributed by atoms with Crippen molar-refractivity contribution in [3.63, 3.8) is 0 Å². The van der Waals surface area contributed by atoms with Gasteiger partial charge in [0, 0.05) is 12.8 Å². The van der Waals surface area contributed by atoms with Crippen LogP contribution in [0.3, 0.4) is 0 Å². The normalized spacial score (nSPS) is 13.4. The van der Waals surface area contributed by atoms with Crippen molar-refractivity contribution in [3.05, 3.63) is 170 Å². The van der Waals surface area contributed by atoms with Crippen LogP contribution in [0.15, 0.2) is 170 Å². The van der Waals surface area contributed by atoms with E-state index in [1.165, 1.54) is 116 Å². The van der Waals surface area contributed by atoms with Gasteiger partial charge in [-0.1, -0.05) is 300 Å². The maximum Gasteiger partial charge on any atom is 0.306 e. The molecule has 0 saturated heterocycles. The number of carbonyl (C=O) groups is 2. The minimum Gasteiger partial charge on any atom is -0.462 e. The van der Waals surface area contributed by atoms with Gasteiger partial charge in [-0.3, -0.25) is 9.59 Å². The summed E-state index contributed by atoms with van der Waals surface area (Å²) in [6, 6.07) is 0. The number of hydrogen-bond donors (Lipinski definition) is 1. The van der Waals surface area contributed by atoms with Crippen molar-refractivity contribution < 1.29 is 24.2 Å². The van der Waals surface area contributed by atoms with Gasteiger partial charge in [0.2, 0.25) is 0 Å². The Kier molecular flexibility index (Phi) is 64.5. The summed E-state index contributed by atoms with van der Waals surface area (Å²) in [6.07, 6.45) is 106. The van der Waals surface area contributed by atoms with Gasteiger partial charge in [-0.05, 0) is 128 Å². The first-order valence-corrected chi connectivity index (χ1v) is 32.7. The van der Waals surface area contributed by atoms with Crippen molar-refractivity contribution in [2.75, 3.05) is 13.2 Å². The summed E-state index contributed by atoms with van der Waals surface area (Å²) >= 11 is 0. The number of carbonyl (C=O) groups excluding carboxylic acids is 2. The third-order valence-electron chi connectivity index (χ3n) is 13.5. The van der Waals surface area contributed by atoms with E-state index in [4.69, 9.17) is 9.47 Å². The number of hydrogen-bond acceptors (Lipinski definition) is 5. The van der Waals surface area contributed by atoms with Crippen LogP contribution < -0.4 is 0 Å². The van der Waals surface area contributed by atoms with Gasteiger partial charge in [0.05, 0.1) is 6.61 Å². The van der Waals surface area contributed by atoms with Crippen molar-refractivity contribution >= 4 is 11.9 Å². The summed E-state index contributed by atoms with van der Waals surface area (Å²) in [4.78, 5) is 24.6. The number of rotatable bonds is 58. The maximum atomic E-state index is 12.4. The van der Waals surface area contributed by atoms with E-state index in [1.807, 2.05) is 0 Å². The number of allylic oxidation sites excluding steroid dienone is 28. The van der Waals surface area contributed by atoms with Crippen molar-refractivity contribution in [2.24, 2.45) is 0 Å². The van der Waals surface area contributed by atoms with Gasteiger partial charge in [-0.25, -0.2) is 0 Å². The summed E-state index contributed by atoms with van der Waals surface area (Å²) < 4.78 is 10.7. The number of esters is 2. The molecule has 0 aliphatic carbocycles. The molecule has 0 rings (SSSR count). The van der Waals surface area contributed by atoms with Crippen LogP contribution in [0.2, 0.25) is 0 Å². The van der Waals surface area contributed by atoms with Gasteiger partial charge in [-0.2, -0.15) is 0 Å². The van der Waals surface area contributed by atoms with E-state index in [0.29, 0.717) is 12.8 Å². The Hall–Kier alpha value is -4.74. The van der Waals surface area contributed by atoms with Gasteiger partial charge in [0.1, 0.15) is 6.61 Å². The standard InChI is InChI=1S/C75H120O5/c1-3-5-7-9-11-13-15-17-19-21-23-25-27-29-30-31-32-33-34-35-36-37-38-39-40-41-42-43-44-46-48-50-52-54-56-58-60-62-64-66-68-70-75(78)80-73(71-76)72-79-74(77)69-67-65-63-61-59-57-55-53-51-49-47-45-28-26-24-22-20-18-16-14-12-10-8-6-4-2/h5-8,11-14,17-20,23-26,29-30,32-33,35-36,38-39,41-42,44,46,73,76H,3-4,9-10,15-16,21-22,27-28,31,34,37,40,43,45,47-72H2,1-2H3/b7-5-,8-6-,13-11-,14-12-,19-17-,20-18-,25-23-,26-24-,30-29-,33-32-,36-35-,39-38-,42-41-,46-44-. The van der Waals surface area contributed by atoms with E-state index in [0.717, 1.165) is 128 Å². The number of aliphatic hydroxyl groups excluding tert-OH is 1. The highest BCUT2D eigenvalue weighted by atomic mass is 16.6. The Morgan fingerprint density at radius 1 is 0.287 bits per heavy atom. The van der Waals surface area contributed by atoms with Crippen LogP contribution in [-0.4, -0.2) is 36.4 Å². The van der Waals surface area contributed by atoms with Crippen LogP contribution in [0, 0.1) is 0 Å². The lowest BCUT2D eigenvalue weighted by atomic mass is 10.0. The molecular formula is C75H120O5. The van der Waals surface area contributed by atoms with E-state index >= 15 is 0 Å². The van der Waals surface area contributed by atoms with E-state index in [-0.39, 0.29) is 25.2 Å². The van der Waals surface area contributed by atoms with Crippen molar-refractivity contribution in [2.45, 2.75) is 277 Å². The fourth-order valence-electron chi connectivity index (χ4n) is 8.69. The summed E-state index contributed by atoms with van der Waals surface area (Å²) in [5, 5.41) is 9.69. The van der Waals surface area contributed by atoms with Crippen molar-refractivity contribution in [3.8, 4) is 0 Å². The third kappa shape index (κ3) is 65.8. The topological polar surface area (TPSA) is 72.8 Å². The second-order valence-corrected chi connectivity index (χ2v) is 21.1. The Balaban J connectivity index is 3.57. The summed E-state index contributed by atoms with van der Waals surface area (Å²) in [5.74, 6) is -0.603. The highest BCUT2D eigenvalue weighted by Gasteiger charge is 2.16. The summed E-state index contributed by atoms with van der Waals surface area (Å²) in [5.41, 5.74) is 0. The zero-order valence-electron chi connectivity index (χ0n) is 51.5. The summed E-state index contributed by atoms with van der Waals surface area (Å²) in [6.45, 7) is 3.91. The molecule has 0 saturated carbocycles. The van der Waals surface area contributed by atoms with Gasteiger partial charge in [0.25, 0.3) is 0 Å². The number of aliphatic hydroxyl groups is 1. The molecule has 0 aliphatic heterocycles. The molecule has 5 heteroatoms. The predicted molar refractivity (Wildman–Crippen MR) is 352 cm³/mol. The molecule has 1 unspecified atom stereocenters. The minimum atomic E-state index is -0.788. The van der Waals surface area contributed by atoms with E-state index < -0.39 is 6.10 Å². The molecule has 0 aromatic rings. The van der Waals surface area contributed by atoms with Crippen LogP contribution in [0.1, 0.15) is 271 Å². The van der Waals surface area contributed by atoms with Gasteiger partial charge in [0.15, 0.2) is 6.10 Å². The molecule has 1 N–H and O–H groups in total. The molecule has 0 fully saturated rings. The molecular weight excluding hydrogens is 981 g/mol. The quantitative estimate of drug-likeness (QED) is 0.0373. The van der Waals surface area contributed by atoms with Crippen molar-refractivity contribution in [1.82, 2.24) is 0 Å². The lowest BCUT2D eigenvalue weighted by Gasteiger charge is -2.15. The molecule has 450 valence electrons. The van der Waals surface area contributed by atoms with Crippen LogP contribution in [-0.2, 0) is 19.1 Å². The molecule has 5 nitrogen and oxygen atoms in total. The molecule has 0 aromatic carbocycles. The lowest BCUT2D eigenvalue weighted by Crippen LogP contribution is -2.28. The van der Waals surface area contributed by atoms with Gasteiger partial charge < -0.3 is 14.6 Å². The molecule has 80 heavy (non-hydrogen) atoms. The molecule has 0 spiro atoms. The fourth-order valence-corrected chi connectivity index (χ4v) is 8.69. The Labute approximate surface area is 493 Å². The second kappa shape index (κ2) is 68.5. The molecule has 0 aliphatic rings. The van der Waals surface area contributed by atoms with E-state index in [1.54, 1.807) is 0 Å². The zero-order valence-corrected chi connectivity index (χ0v) is 51.5. The SMILES string of the molecule is CC/C=C\C/C=C\C/C=C\C/C=C\C/C=C\C/C=C\C/C=C\C/C=C\C/C=C\C/C=C\CCCCCCCCCCCCC(=O)OC(CO)COC(=O)CCCCCCCCCCCCCC/C=C\C/C=C\C/C=C\C/C=C\CC. The zero-order chi connectivity index (χ0) is 57.6. The first-order valence-electron chi connectivity index (χ1n) is 32.7. The van der Waals surface area contributed by atoms with Crippen LogP contribution in [0.25, 0.3) is 0 Å².